The lowest BCUT2D eigenvalue weighted by molar-refractivity contribution is -0.165. The summed E-state index contributed by atoms with van der Waals surface area (Å²) in [6, 6.07) is 0. The Morgan fingerprint density at radius 2 is 1.93 bits per heavy atom. The fourth-order valence-corrected chi connectivity index (χ4v) is 7.54. The number of hydrogen-bond acceptors (Lipinski definition) is 5. The molecule has 5 rings (SSSR count). The van der Waals surface area contributed by atoms with E-state index in [-0.39, 0.29) is 28.2 Å². The van der Waals surface area contributed by atoms with Gasteiger partial charge in [0.15, 0.2) is 5.78 Å². The van der Waals surface area contributed by atoms with E-state index in [0.29, 0.717) is 36.2 Å². The monoisotopic (exact) mass is 410 g/mol. The number of carbonyl (C=O) groups is 3. The maximum atomic E-state index is 12.6. The van der Waals surface area contributed by atoms with Crippen LogP contribution in [0.3, 0.4) is 0 Å². The third-order valence-electron chi connectivity index (χ3n) is 9.17. The molecule has 30 heavy (non-hydrogen) atoms. The van der Waals surface area contributed by atoms with Crippen molar-refractivity contribution in [3.8, 4) is 0 Å². The van der Waals surface area contributed by atoms with Crippen LogP contribution in [-0.2, 0) is 23.9 Å². The molecule has 0 amide bonds. The van der Waals surface area contributed by atoms with E-state index in [1.165, 1.54) is 13.2 Å². The molecule has 0 radical (unpaired) electrons. The van der Waals surface area contributed by atoms with Gasteiger partial charge in [-0.2, -0.15) is 0 Å². The number of fused-ring (bicyclic) bond motifs is 6. The molecule has 5 heteroatoms. The molecule has 0 aromatic rings. The first kappa shape index (κ1) is 19.8. The lowest BCUT2D eigenvalue weighted by Crippen LogP contribution is -2.53. The molecule has 0 aromatic carbocycles. The van der Waals surface area contributed by atoms with Crippen LogP contribution in [0.2, 0.25) is 0 Å². The molecule has 0 unspecified atom stereocenters. The van der Waals surface area contributed by atoms with Gasteiger partial charge >= 0.3 is 11.9 Å². The van der Waals surface area contributed by atoms with Crippen molar-refractivity contribution in [2.75, 3.05) is 0 Å². The van der Waals surface area contributed by atoms with E-state index in [1.54, 1.807) is 6.08 Å². The van der Waals surface area contributed by atoms with Gasteiger partial charge in [0, 0.05) is 29.7 Å². The summed E-state index contributed by atoms with van der Waals surface area (Å²) in [7, 11) is 0. The highest BCUT2D eigenvalue weighted by Gasteiger charge is 2.66. The first-order valence-corrected chi connectivity index (χ1v) is 11.2. The number of hydrogen-bond donors (Lipinski definition) is 0. The standard InChI is InChI=1S/C25H30O5/c1-15(26)29-14-16-13-23(2)17(12-21(16)27)4-5-18-19(23)6-9-24(3)20(18)7-10-25(24)11-8-22(28)30-25/h4-5,12,14,18-20H,6-11,13H2,1-3H3/b16-14-/t18-,19+,20+,23+,24+,25-/m1/s1. The highest BCUT2D eigenvalue weighted by molar-refractivity contribution is 6.06. The van der Waals surface area contributed by atoms with Crippen molar-refractivity contribution < 1.29 is 23.9 Å². The SMILES string of the molecule is CC(=O)O/C=C1/C[C@@]2(C)C(=CC1=O)C=C[C@@H]1[C@@H]2CC[C@@]2(C)[C@H]1CC[C@@]21CCC(=O)O1. The van der Waals surface area contributed by atoms with E-state index in [2.05, 4.69) is 26.0 Å². The van der Waals surface area contributed by atoms with Crippen LogP contribution in [0, 0.1) is 28.6 Å². The largest absolute Gasteiger partial charge is 0.458 e. The molecule has 0 N–H and O–H groups in total. The number of carbonyl (C=O) groups excluding carboxylic acids is 3. The lowest BCUT2D eigenvalue weighted by Gasteiger charge is -2.57. The van der Waals surface area contributed by atoms with Gasteiger partial charge in [0.25, 0.3) is 0 Å². The van der Waals surface area contributed by atoms with E-state index in [0.717, 1.165) is 37.7 Å². The number of ketones is 1. The minimum absolute atomic E-state index is 0.0170. The van der Waals surface area contributed by atoms with E-state index in [4.69, 9.17) is 9.47 Å². The summed E-state index contributed by atoms with van der Waals surface area (Å²) in [6.07, 6.45) is 13.7. The second-order valence-electron chi connectivity index (χ2n) is 10.4. The Kier molecular flexibility index (Phi) is 4.23. The maximum absolute atomic E-state index is 12.6. The second-order valence-corrected chi connectivity index (χ2v) is 10.4. The number of allylic oxidation sites excluding steroid dienone is 5. The molecular formula is C25H30O5. The molecule has 3 fully saturated rings. The summed E-state index contributed by atoms with van der Waals surface area (Å²) in [5.74, 6) is 0.801. The van der Waals surface area contributed by atoms with Gasteiger partial charge in [-0.15, -0.1) is 0 Å². The molecule has 4 aliphatic carbocycles. The van der Waals surface area contributed by atoms with Crippen LogP contribution in [0.4, 0.5) is 0 Å². The number of ether oxygens (including phenoxy) is 2. The normalized spacial score (nSPS) is 45.6. The molecule has 0 bridgehead atoms. The van der Waals surface area contributed by atoms with Crippen LogP contribution in [0.1, 0.15) is 65.7 Å². The summed E-state index contributed by atoms with van der Waals surface area (Å²) in [4.78, 5) is 35.8. The van der Waals surface area contributed by atoms with Crippen molar-refractivity contribution in [2.45, 2.75) is 71.3 Å². The fourth-order valence-electron chi connectivity index (χ4n) is 7.54. The molecule has 1 spiro atoms. The molecule has 2 saturated carbocycles. The van der Waals surface area contributed by atoms with Crippen LogP contribution in [0.25, 0.3) is 0 Å². The van der Waals surface area contributed by atoms with E-state index >= 15 is 0 Å². The zero-order valence-corrected chi connectivity index (χ0v) is 18.0. The third kappa shape index (κ3) is 2.56. The van der Waals surface area contributed by atoms with Gasteiger partial charge in [-0.3, -0.25) is 14.4 Å². The Hall–Kier alpha value is -2.17. The zero-order valence-electron chi connectivity index (χ0n) is 18.0. The Labute approximate surface area is 177 Å². The van der Waals surface area contributed by atoms with Crippen molar-refractivity contribution in [1.82, 2.24) is 0 Å². The highest BCUT2D eigenvalue weighted by atomic mass is 16.6. The first-order chi connectivity index (χ1) is 14.2. The Morgan fingerprint density at radius 1 is 1.17 bits per heavy atom. The molecule has 0 aromatic heterocycles. The topological polar surface area (TPSA) is 69.7 Å². The van der Waals surface area contributed by atoms with Gasteiger partial charge in [-0.25, -0.2) is 0 Å². The van der Waals surface area contributed by atoms with E-state index in [9.17, 15) is 14.4 Å². The van der Waals surface area contributed by atoms with Gasteiger partial charge in [0.1, 0.15) is 11.9 Å². The quantitative estimate of drug-likeness (QED) is 0.363. The van der Waals surface area contributed by atoms with Gasteiger partial charge in [-0.05, 0) is 67.9 Å². The molecule has 1 aliphatic heterocycles. The Bertz CT molecular complexity index is 926. The molecule has 6 atom stereocenters. The molecule has 1 saturated heterocycles. The summed E-state index contributed by atoms with van der Waals surface area (Å²) in [5, 5.41) is 0. The summed E-state index contributed by atoms with van der Waals surface area (Å²) in [5.41, 5.74) is 1.25. The summed E-state index contributed by atoms with van der Waals surface area (Å²) < 4.78 is 11.1. The van der Waals surface area contributed by atoms with E-state index in [1.807, 2.05) is 0 Å². The lowest BCUT2D eigenvalue weighted by atomic mass is 9.48. The summed E-state index contributed by atoms with van der Waals surface area (Å²) in [6.45, 7) is 5.95. The first-order valence-electron chi connectivity index (χ1n) is 11.2. The van der Waals surface area contributed by atoms with Crippen LogP contribution in [0.5, 0.6) is 0 Å². The smallest absolute Gasteiger partial charge is 0.307 e. The van der Waals surface area contributed by atoms with Crippen molar-refractivity contribution >= 4 is 17.7 Å². The van der Waals surface area contributed by atoms with Crippen LogP contribution < -0.4 is 0 Å². The molecule has 5 nitrogen and oxygen atoms in total. The third-order valence-corrected chi connectivity index (χ3v) is 9.17. The summed E-state index contributed by atoms with van der Waals surface area (Å²) >= 11 is 0. The average molecular weight is 411 g/mol. The average Bonchev–Trinajstić information content (AvgIpc) is 3.21. The van der Waals surface area contributed by atoms with Gasteiger partial charge < -0.3 is 9.47 Å². The fraction of sp³-hybridized carbons (Fsp3) is 0.640. The van der Waals surface area contributed by atoms with Crippen LogP contribution in [-0.4, -0.2) is 23.3 Å². The second kappa shape index (κ2) is 6.41. The predicted molar refractivity (Wildman–Crippen MR) is 110 cm³/mol. The minimum atomic E-state index is -0.410. The highest BCUT2D eigenvalue weighted by Crippen LogP contribution is 2.68. The predicted octanol–water partition coefficient (Wildman–Crippen LogP) is 4.43. The van der Waals surface area contributed by atoms with Crippen LogP contribution >= 0.6 is 0 Å². The molecule has 1 heterocycles. The maximum Gasteiger partial charge on any atom is 0.307 e. The van der Waals surface area contributed by atoms with Crippen molar-refractivity contribution in [3.63, 3.8) is 0 Å². The Morgan fingerprint density at radius 3 is 2.63 bits per heavy atom. The Balaban J connectivity index is 1.49. The van der Waals surface area contributed by atoms with Gasteiger partial charge in [0.2, 0.25) is 0 Å². The molecular weight excluding hydrogens is 380 g/mol. The van der Waals surface area contributed by atoms with Gasteiger partial charge in [-0.1, -0.05) is 26.0 Å². The zero-order chi connectivity index (χ0) is 21.3. The number of rotatable bonds is 1. The molecule has 5 aliphatic rings. The van der Waals surface area contributed by atoms with Gasteiger partial charge in [0.05, 0.1) is 0 Å². The van der Waals surface area contributed by atoms with Crippen LogP contribution in [0.15, 0.2) is 35.6 Å². The number of esters is 2. The van der Waals surface area contributed by atoms with Crippen molar-refractivity contribution in [1.29, 1.82) is 0 Å². The van der Waals surface area contributed by atoms with Crippen molar-refractivity contribution in [3.05, 3.63) is 35.6 Å². The minimum Gasteiger partial charge on any atom is -0.458 e. The van der Waals surface area contributed by atoms with E-state index < -0.39 is 5.97 Å². The van der Waals surface area contributed by atoms with Crippen molar-refractivity contribution in [2.24, 2.45) is 28.6 Å². The molecule has 160 valence electrons.